The Morgan fingerprint density at radius 3 is 2.76 bits per heavy atom. The van der Waals surface area contributed by atoms with Crippen LogP contribution in [0.2, 0.25) is 0 Å². The Hall–Kier alpha value is -1.29. The molecule has 1 aromatic rings. The molecule has 1 aromatic heterocycles. The molecule has 1 saturated carbocycles. The summed E-state index contributed by atoms with van der Waals surface area (Å²) >= 11 is 0. The number of amides is 1. The summed E-state index contributed by atoms with van der Waals surface area (Å²) in [5.74, 6) is 1.70. The van der Waals surface area contributed by atoms with E-state index in [-0.39, 0.29) is 42.5 Å². The van der Waals surface area contributed by atoms with E-state index in [9.17, 15) is 9.90 Å². The van der Waals surface area contributed by atoms with Gasteiger partial charge in [0.15, 0.2) is 5.96 Å². The minimum atomic E-state index is -1.16. The molecular weight excluding hydrogens is 483 g/mol. The Balaban J connectivity index is 0.00000300. The second kappa shape index (κ2) is 11.2. The molecule has 0 bridgehead atoms. The van der Waals surface area contributed by atoms with Gasteiger partial charge in [0.25, 0.3) is 0 Å². The molecule has 2 unspecified atom stereocenters. The molecule has 1 saturated heterocycles. The molecule has 1 amide bonds. The van der Waals surface area contributed by atoms with Crippen LogP contribution < -0.4 is 10.6 Å². The molecular formula is C21H35IN4O3. The second-order valence-electron chi connectivity index (χ2n) is 8.20. The first kappa shape index (κ1) is 24.0. The lowest BCUT2D eigenvalue weighted by Gasteiger charge is -2.26. The van der Waals surface area contributed by atoms with Crippen LogP contribution in [0.5, 0.6) is 0 Å². The van der Waals surface area contributed by atoms with E-state index in [4.69, 9.17) is 4.42 Å². The highest BCUT2D eigenvalue weighted by atomic mass is 127. The molecule has 2 aliphatic rings. The number of carbonyl (C=O) groups is 1. The molecule has 1 aliphatic heterocycles. The third kappa shape index (κ3) is 6.60. The van der Waals surface area contributed by atoms with Crippen molar-refractivity contribution in [2.24, 2.45) is 10.9 Å². The van der Waals surface area contributed by atoms with Crippen molar-refractivity contribution in [1.29, 1.82) is 0 Å². The Morgan fingerprint density at radius 1 is 1.34 bits per heavy atom. The quantitative estimate of drug-likeness (QED) is 0.306. The largest absolute Gasteiger partial charge is 0.466 e. The van der Waals surface area contributed by atoms with Crippen molar-refractivity contribution in [2.75, 3.05) is 26.2 Å². The van der Waals surface area contributed by atoms with Gasteiger partial charge >= 0.3 is 0 Å². The van der Waals surface area contributed by atoms with E-state index in [2.05, 4.69) is 15.6 Å². The number of likely N-dealkylation sites (tertiary alicyclic amines) is 1. The van der Waals surface area contributed by atoms with E-state index in [0.29, 0.717) is 24.2 Å². The fourth-order valence-electron chi connectivity index (χ4n) is 4.10. The van der Waals surface area contributed by atoms with Crippen LogP contribution >= 0.6 is 24.0 Å². The van der Waals surface area contributed by atoms with Gasteiger partial charge in [-0.25, -0.2) is 4.99 Å². The molecule has 164 valence electrons. The molecule has 0 aromatic carbocycles. The standard InChI is InChI=1S/C21H34N4O3.HI/c1-3-22-20(23-15-21(2,27)18-10-7-13-28-18)24-17-11-12-25(14-17)19(26)16-8-5-4-6-9-16;/h7,10,13,16-17,27H,3-6,8-9,11-12,14-15H2,1-2H3,(H2,22,23,24);1H. The summed E-state index contributed by atoms with van der Waals surface area (Å²) in [4.78, 5) is 19.3. The summed E-state index contributed by atoms with van der Waals surface area (Å²) in [6, 6.07) is 3.69. The van der Waals surface area contributed by atoms with Crippen LogP contribution in [0.15, 0.2) is 27.8 Å². The molecule has 3 rings (SSSR count). The monoisotopic (exact) mass is 518 g/mol. The summed E-state index contributed by atoms with van der Waals surface area (Å²) in [5, 5.41) is 17.3. The predicted molar refractivity (Wildman–Crippen MR) is 124 cm³/mol. The zero-order valence-corrected chi connectivity index (χ0v) is 19.9. The van der Waals surface area contributed by atoms with Gasteiger partial charge in [0.2, 0.25) is 5.91 Å². The molecule has 2 heterocycles. The van der Waals surface area contributed by atoms with Crippen LogP contribution in [0, 0.1) is 5.92 Å². The van der Waals surface area contributed by atoms with E-state index < -0.39 is 5.60 Å². The van der Waals surface area contributed by atoms with Crippen molar-refractivity contribution in [3.05, 3.63) is 24.2 Å². The molecule has 1 aliphatic carbocycles. The topological polar surface area (TPSA) is 90.1 Å². The van der Waals surface area contributed by atoms with Crippen LogP contribution in [0.4, 0.5) is 0 Å². The van der Waals surface area contributed by atoms with Crippen molar-refractivity contribution in [1.82, 2.24) is 15.5 Å². The average Bonchev–Trinajstić information content (AvgIpc) is 3.39. The van der Waals surface area contributed by atoms with Crippen LogP contribution in [0.1, 0.15) is 58.1 Å². The maximum absolute atomic E-state index is 12.8. The molecule has 3 N–H and O–H groups in total. The van der Waals surface area contributed by atoms with Crippen molar-refractivity contribution in [2.45, 2.75) is 64.0 Å². The van der Waals surface area contributed by atoms with Gasteiger partial charge in [-0.15, -0.1) is 24.0 Å². The Labute approximate surface area is 190 Å². The summed E-state index contributed by atoms with van der Waals surface area (Å²) in [5.41, 5.74) is -1.16. The molecule has 2 atom stereocenters. The first-order chi connectivity index (χ1) is 13.5. The summed E-state index contributed by atoms with van der Waals surface area (Å²) in [6.45, 7) is 6.14. The number of halogens is 1. The summed E-state index contributed by atoms with van der Waals surface area (Å²) in [7, 11) is 0. The second-order valence-corrected chi connectivity index (χ2v) is 8.20. The fourth-order valence-corrected chi connectivity index (χ4v) is 4.10. The van der Waals surface area contributed by atoms with Gasteiger partial charge in [0.1, 0.15) is 11.4 Å². The number of aliphatic imine (C=N–C) groups is 1. The number of hydrogen-bond donors (Lipinski definition) is 3. The van der Waals surface area contributed by atoms with Gasteiger partial charge in [-0.1, -0.05) is 19.3 Å². The van der Waals surface area contributed by atoms with E-state index in [1.807, 2.05) is 11.8 Å². The number of rotatable bonds is 6. The summed E-state index contributed by atoms with van der Waals surface area (Å²) < 4.78 is 5.32. The molecule has 0 radical (unpaired) electrons. The van der Waals surface area contributed by atoms with Gasteiger partial charge in [-0.05, 0) is 45.2 Å². The van der Waals surface area contributed by atoms with Gasteiger partial charge in [0.05, 0.1) is 12.8 Å². The minimum Gasteiger partial charge on any atom is -0.466 e. The zero-order valence-electron chi connectivity index (χ0n) is 17.5. The van der Waals surface area contributed by atoms with Crippen LogP contribution in [0.25, 0.3) is 0 Å². The SMILES string of the molecule is CCNC(=NCC(C)(O)c1ccco1)NC1CCN(C(=O)C2CCCCC2)C1.I. The van der Waals surface area contributed by atoms with Crippen LogP contribution in [0.3, 0.4) is 0 Å². The zero-order chi connectivity index (χ0) is 20.0. The Kier molecular flexibility index (Phi) is 9.26. The third-order valence-electron chi connectivity index (χ3n) is 5.74. The molecule has 7 nitrogen and oxygen atoms in total. The average molecular weight is 518 g/mol. The minimum absolute atomic E-state index is 0. The van der Waals surface area contributed by atoms with Crippen molar-refractivity contribution >= 4 is 35.8 Å². The predicted octanol–water partition coefficient (Wildman–Crippen LogP) is 2.84. The highest BCUT2D eigenvalue weighted by molar-refractivity contribution is 14.0. The Bertz CT molecular complexity index is 657. The van der Waals surface area contributed by atoms with Crippen molar-refractivity contribution < 1.29 is 14.3 Å². The van der Waals surface area contributed by atoms with Crippen molar-refractivity contribution in [3.8, 4) is 0 Å². The van der Waals surface area contributed by atoms with Crippen LogP contribution in [-0.4, -0.2) is 54.1 Å². The lowest BCUT2D eigenvalue weighted by molar-refractivity contribution is -0.135. The molecule has 0 spiro atoms. The first-order valence-corrected chi connectivity index (χ1v) is 10.6. The maximum atomic E-state index is 12.8. The van der Waals surface area contributed by atoms with Gasteiger partial charge < -0.3 is 25.1 Å². The lowest BCUT2D eigenvalue weighted by atomic mass is 9.88. The van der Waals surface area contributed by atoms with E-state index in [1.54, 1.807) is 25.3 Å². The molecule has 2 fully saturated rings. The highest BCUT2D eigenvalue weighted by Gasteiger charge is 2.32. The number of carbonyl (C=O) groups excluding carboxylic acids is 1. The smallest absolute Gasteiger partial charge is 0.225 e. The number of aliphatic hydroxyl groups is 1. The number of guanidine groups is 1. The molecule has 8 heteroatoms. The van der Waals surface area contributed by atoms with Gasteiger partial charge in [0, 0.05) is 31.6 Å². The summed E-state index contributed by atoms with van der Waals surface area (Å²) in [6.07, 6.45) is 8.17. The lowest BCUT2D eigenvalue weighted by Crippen LogP contribution is -2.46. The Morgan fingerprint density at radius 2 is 2.10 bits per heavy atom. The number of furan rings is 1. The van der Waals surface area contributed by atoms with Gasteiger partial charge in [-0.3, -0.25) is 4.79 Å². The van der Waals surface area contributed by atoms with Gasteiger partial charge in [-0.2, -0.15) is 0 Å². The third-order valence-corrected chi connectivity index (χ3v) is 5.74. The van der Waals surface area contributed by atoms with E-state index in [1.165, 1.54) is 19.3 Å². The number of nitrogens with one attached hydrogen (secondary N) is 2. The van der Waals surface area contributed by atoms with E-state index in [0.717, 1.165) is 32.4 Å². The highest BCUT2D eigenvalue weighted by Crippen LogP contribution is 2.27. The maximum Gasteiger partial charge on any atom is 0.225 e. The number of nitrogens with zero attached hydrogens (tertiary/aromatic N) is 2. The normalized spacial score (nSPS) is 22.7. The van der Waals surface area contributed by atoms with E-state index >= 15 is 0 Å². The van der Waals surface area contributed by atoms with Crippen LogP contribution in [-0.2, 0) is 10.4 Å². The first-order valence-electron chi connectivity index (χ1n) is 10.6. The number of hydrogen-bond acceptors (Lipinski definition) is 4. The van der Waals surface area contributed by atoms with Crippen molar-refractivity contribution in [3.63, 3.8) is 0 Å². The fraction of sp³-hybridized carbons (Fsp3) is 0.714. The molecule has 29 heavy (non-hydrogen) atoms.